The predicted octanol–water partition coefficient (Wildman–Crippen LogP) is 3.76. The number of fused-ring (bicyclic) bond motifs is 3. The molecule has 3 nitrogen and oxygen atoms in total. The van der Waals surface area contributed by atoms with Gasteiger partial charge < -0.3 is 0 Å². The molecule has 0 fully saturated rings. The van der Waals surface area contributed by atoms with Gasteiger partial charge in [0.05, 0.1) is 5.69 Å². The molecule has 1 aliphatic carbocycles. The minimum absolute atomic E-state index is 0.391. The molecule has 0 unspecified atom stereocenters. The number of benzene rings is 2. The van der Waals surface area contributed by atoms with Crippen molar-refractivity contribution in [1.82, 2.24) is 0 Å². The second-order valence-electron chi connectivity index (χ2n) is 4.65. The fraction of sp³-hybridized carbons (Fsp3) is 0.133. The van der Waals surface area contributed by atoms with E-state index in [0.29, 0.717) is 10.8 Å². The van der Waals surface area contributed by atoms with Gasteiger partial charge in [-0.15, -0.1) is 0 Å². The summed E-state index contributed by atoms with van der Waals surface area (Å²) in [6, 6.07) is 11.8. The van der Waals surface area contributed by atoms with Crippen LogP contribution in [0.2, 0.25) is 0 Å². The molecule has 2 aromatic rings. The van der Waals surface area contributed by atoms with Gasteiger partial charge >= 0.3 is 0 Å². The molecule has 1 N–H and O–H groups in total. The van der Waals surface area contributed by atoms with Crippen molar-refractivity contribution in [3.8, 4) is 11.1 Å². The van der Waals surface area contributed by atoms with Gasteiger partial charge in [0, 0.05) is 11.4 Å². The Balaban J connectivity index is 2.05. The third-order valence-corrected chi connectivity index (χ3v) is 3.86. The Morgan fingerprint density at radius 2 is 1.79 bits per heavy atom. The highest BCUT2D eigenvalue weighted by Gasteiger charge is 2.20. The molecule has 4 heteroatoms. The largest absolute Gasteiger partial charge is 0.281 e. The molecular formula is C15H12BrNO2. The van der Waals surface area contributed by atoms with Crippen molar-refractivity contribution < 1.29 is 10.0 Å². The van der Waals surface area contributed by atoms with Gasteiger partial charge in [-0.2, -0.15) is 5.06 Å². The first kappa shape index (κ1) is 12.4. The molecular weight excluding hydrogens is 306 g/mol. The van der Waals surface area contributed by atoms with Gasteiger partial charge in [-0.1, -0.05) is 28.1 Å². The number of hydrogen-bond acceptors (Lipinski definition) is 2. The number of rotatable bonds is 1. The van der Waals surface area contributed by atoms with E-state index in [1.54, 1.807) is 6.07 Å². The Bertz CT molecular complexity index is 682. The predicted molar refractivity (Wildman–Crippen MR) is 77.3 cm³/mol. The summed E-state index contributed by atoms with van der Waals surface area (Å²) in [5.74, 6) is -0.391. The van der Waals surface area contributed by atoms with Crippen molar-refractivity contribution in [2.45, 2.75) is 13.3 Å². The molecule has 0 radical (unpaired) electrons. The molecule has 1 aliphatic rings. The normalized spacial score (nSPS) is 11.9. The molecule has 0 atom stereocenters. The quantitative estimate of drug-likeness (QED) is 0.548. The van der Waals surface area contributed by atoms with E-state index in [1.807, 2.05) is 18.2 Å². The summed E-state index contributed by atoms with van der Waals surface area (Å²) in [6.45, 7) is 1.33. The van der Waals surface area contributed by atoms with E-state index in [4.69, 9.17) is 0 Å². The lowest BCUT2D eigenvalue weighted by atomic mass is 10.1. The minimum atomic E-state index is -0.391. The number of anilines is 1. The fourth-order valence-electron chi connectivity index (χ4n) is 2.48. The van der Waals surface area contributed by atoms with Crippen molar-refractivity contribution in [2.75, 3.05) is 5.06 Å². The van der Waals surface area contributed by atoms with Crippen LogP contribution in [0.3, 0.4) is 0 Å². The summed E-state index contributed by atoms with van der Waals surface area (Å²) in [6.07, 6.45) is 0.823. The molecule has 96 valence electrons. The van der Waals surface area contributed by atoms with Crippen LogP contribution < -0.4 is 5.06 Å². The van der Waals surface area contributed by atoms with Gasteiger partial charge in [-0.05, 0) is 52.9 Å². The summed E-state index contributed by atoms with van der Waals surface area (Å²) < 4.78 is 1.06. The topological polar surface area (TPSA) is 40.5 Å². The highest BCUT2D eigenvalue weighted by atomic mass is 79.9. The summed E-state index contributed by atoms with van der Waals surface area (Å²) in [5, 5.41) is 10.3. The molecule has 1 amide bonds. The highest BCUT2D eigenvalue weighted by molar-refractivity contribution is 9.10. The zero-order chi connectivity index (χ0) is 13.6. The molecule has 0 saturated carbocycles. The second kappa shape index (κ2) is 4.47. The Morgan fingerprint density at radius 1 is 1.16 bits per heavy atom. The van der Waals surface area contributed by atoms with Gasteiger partial charge in [0.15, 0.2) is 0 Å². The van der Waals surface area contributed by atoms with E-state index in [-0.39, 0.29) is 0 Å². The van der Waals surface area contributed by atoms with E-state index >= 15 is 0 Å². The first-order valence-corrected chi connectivity index (χ1v) is 6.77. The molecule has 0 aliphatic heterocycles. The lowest BCUT2D eigenvalue weighted by Gasteiger charge is -2.13. The first-order chi connectivity index (χ1) is 9.06. The van der Waals surface area contributed by atoms with Crippen molar-refractivity contribution >= 4 is 27.5 Å². The zero-order valence-electron chi connectivity index (χ0n) is 10.4. The van der Waals surface area contributed by atoms with E-state index in [1.165, 1.54) is 23.6 Å². The Kier molecular flexibility index (Phi) is 2.92. The maximum atomic E-state index is 11.2. The number of hydrogen-bond donors (Lipinski definition) is 1. The monoisotopic (exact) mass is 317 g/mol. The molecule has 0 aromatic heterocycles. The summed E-state index contributed by atoms with van der Waals surface area (Å²) in [7, 11) is 0. The Morgan fingerprint density at radius 3 is 2.47 bits per heavy atom. The average Bonchev–Trinajstić information content (AvgIpc) is 2.73. The van der Waals surface area contributed by atoms with Gasteiger partial charge in [-0.25, -0.2) is 0 Å². The van der Waals surface area contributed by atoms with E-state index in [2.05, 4.69) is 28.1 Å². The maximum Gasteiger partial charge on any atom is 0.247 e. The van der Waals surface area contributed by atoms with Crippen LogP contribution in [0.1, 0.15) is 18.1 Å². The van der Waals surface area contributed by atoms with Gasteiger partial charge in [0.25, 0.3) is 0 Å². The zero-order valence-corrected chi connectivity index (χ0v) is 11.9. The van der Waals surface area contributed by atoms with Crippen molar-refractivity contribution in [1.29, 1.82) is 0 Å². The van der Waals surface area contributed by atoms with Crippen molar-refractivity contribution in [2.24, 2.45) is 0 Å². The third kappa shape index (κ3) is 2.07. The van der Waals surface area contributed by atoms with E-state index in [0.717, 1.165) is 16.5 Å². The van der Waals surface area contributed by atoms with Crippen LogP contribution in [0.4, 0.5) is 5.69 Å². The summed E-state index contributed by atoms with van der Waals surface area (Å²) in [5.41, 5.74) is 5.29. The molecule has 0 heterocycles. The molecule has 0 spiro atoms. The standard InChI is InChI=1S/C15H12BrNO2/c1-9(18)17(19)13-3-5-15-11(8-13)6-10-7-12(16)2-4-14(10)15/h2-5,7-8,19H,6H2,1H3. The van der Waals surface area contributed by atoms with Crippen molar-refractivity contribution in [3.63, 3.8) is 0 Å². The molecule has 0 saturated heterocycles. The van der Waals surface area contributed by atoms with Crippen molar-refractivity contribution in [3.05, 3.63) is 52.0 Å². The van der Waals surface area contributed by atoms with Crippen LogP contribution in [-0.2, 0) is 11.2 Å². The Labute approximate surface area is 119 Å². The molecule has 19 heavy (non-hydrogen) atoms. The third-order valence-electron chi connectivity index (χ3n) is 3.37. The fourth-order valence-corrected chi connectivity index (χ4v) is 2.89. The first-order valence-electron chi connectivity index (χ1n) is 5.97. The summed E-state index contributed by atoms with van der Waals surface area (Å²) in [4.78, 5) is 11.2. The van der Waals surface area contributed by atoms with Crippen LogP contribution in [0.5, 0.6) is 0 Å². The molecule has 2 aromatic carbocycles. The van der Waals surface area contributed by atoms with E-state index < -0.39 is 5.91 Å². The van der Waals surface area contributed by atoms with Crippen LogP contribution in [0.15, 0.2) is 40.9 Å². The minimum Gasteiger partial charge on any atom is -0.281 e. The molecule has 3 rings (SSSR count). The molecule has 0 bridgehead atoms. The van der Waals surface area contributed by atoms with Gasteiger partial charge in [0.1, 0.15) is 0 Å². The smallest absolute Gasteiger partial charge is 0.247 e. The number of hydroxylamine groups is 1. The number of carbonyl (C=O) groups excluding carboxylic acids is 1. The van der Waals surface area contributed by atoms with Crippen LogP contribution in [0.25, 0.3) is 11.1 Å². The van der Waals surface area contributed by atoms with Crippen LogP contribution in [-0.4, -0.2) is 11.1 Å². The lowest BCUT2D eigenvalue weighted by Crippen LogP contribution is -2.23. The second-order valence-corrected chi connectivity index (χ2v) is 5.57. The van der Waals surface area contributed by atoms with E-state index in [9.17, 15) is 10.0 Å². The van der Waals surface area contributed by atoms with Gasteiger partial charge in [0.2, 0.25) is 5.91 Å². The Hall–Kier alpha value is -1.65. The average molecular weight is 318 g/mol. The van der Waals surface area contributed by atoms with Crippen LogP contribution in [0, 0.1) is 0 Å². The maximum absolute atomic E-state index is 11.2. The number of halogens is 1. The SMILES string of the molecule is CC(=O)N(O)c1ccc2c(c1)Cc1cc(Br)ccc1-2. The summed E-state index contributed by atoms with van der Waals surface area (Å²) >= 11 is 3.47. The van der Waals surface area contributed by atoms with Crippen LogP contribution >= 0.6 is 15.9 Å². The number of nitrogens with zero attached hydrogens (tertiary/aromatic N) is 1. The lowest BCUT2D eigenvalue weighted by molar-refractivity contribution is -0.121. The number of amides is 1. The highest BCUT2D eigenvalue weighted by Crippen LogP contribution is 2.39. The van der Waals surface area contributed by atoms with Gasteiger partial charge in [-0.3, -0.25) is 10.0 Å². The number of carbonyl (C=O) groups is 1.